The van der Waals surface area contributed by atoms with Crippen LogP contribution in [0.4, 0.5) is 0 Å². The van der Waals surface area contributed by atoms with Crippen LogP contribution in [-0.2, 0) is 19.9 Å². The topological polar surface area (TPSA) is 55.7 Å². The molecule has 0 saturated heterocycles. The van der Waals surface area contributed by atoms with Crippen LogP contribution in [0.1, 0.15) is 41.5 Å². The summed E-state index contributed by atoms with van der Waals surface area (Å²) in [6.07, 6.45) is 1.73. The summed E-state index contributed by atoms with van der Waals surface area (Å²) < 4.78 is 5.58. The Labute approximate surface area is 144 Å². The highest BCUT2D eigenvalue weighted by Crippen LogP contribution is 2.58. The van der Waals surface area contributed by atoms with E-state index in [9.17, 15) is 9.59 Å². The quantitative estimate of drug-likeness (QED) is 0.476. The number of nitrogens with zero attached hydrogens (tertiary/aromatic N) is 1. The molecule has 0 spiro atoms. The fourth-order valence-electron chi connectivity index (χ4n) is 4.21. The van der Waals surface area contributed by atoms with Gasteiger partial charge in [-0.2, -0.15) is 4.99 Å². The maximum absolute atomic E-state index is 11.6. The zero-order chi connectivity index (χ0) is 16.9. The van der Waals surface area contributed by atoms with Crippen molar-refractivity contribution in [3.63, 3.8) is 0 Å². The standard InChI is InChI=1S/C19H14ClNO3/c1-11(23)24-18-9-15-13-4-2-3-5-16(13)19(18,21-10-22)17-8-12(20)6-7-14(15)17/h2-8,15,18H,9H2,1H3. The molecule has 2 aromatic carbocycles. The fraction of sp³-hybridized carbons (Fsp3) is 0.263. The summed E-state index contributed by atoms with van der Waals surface area (Å²) in [6.45, 7) is 1.37. The van der Waals surface area contributed by atoms with Crippen molar-refractivity contribution in [2.24, 2.45) is 4.99 Å². The van der Waals surface area contributed by atoms with Gasteiger partial charge in [0.25, 0.3) is 0 Å². The van der Waals surface area contributed by atoms with Gasteiger partial charge in [-0.1, -0.05) is 41.9 Å². The van der Waals surface area contributed by atoms with E-state index in [4.69, 9.17) is 16.3 Å². The number of carbonyl (C=O) groups is 1. The minimum Gasteiger partial charge on any atom is -0.459 e. The smallest absolute Gasteiger partial charge is 0.303 e. The number of hydrogen-bond acceptors (Lipinski definition) is 4. The van der Waals surface area contributed by atoms with E-state index in [-0.39, 0.29) is 5.92 Å². The minimum absolute atomic E-state index is 0.0848. The lowest BCUT2D eigenvalue weighted by atomic mass is 9.58. The first kappa shape index (κ1) is 15.1. The predicted octanol–water partition coefficient (Wildman–Crippen LogP) is 3.70. The summed E-state index contributed by atoms with van der Waals surface area (Å²) in [6, 6.07) is 13.5. The molecule has 2 bridgehead atoms. The van der Waals surface area contributed by atoms with Crippen LogP contribution in [0.3, 0.4) is 0 Å². The van der Waals surface area contributed by atoms with Crippen molar-refractivity contribution in [2.45, 2.75) is 30.9 Å². The third-order valence-electron chi connectivity index (χ3n) is 4.99. The highest BCUT2D eigenvalue weighted by atomic mass is 35.5. The number of isocyanates is 1. The third kappa shape index (κ3) is 1.90. The Morgan fingerprint density at radius 2 is 2.00 bits per heavy atom. The summed E-state index contributed by atoms with van der Waals surface area (Å²) in [5, 5.41) is 0.556. The molecule has 0 fully saturated rings. The molecule has 0 amide bonds. The van der Waals surface area contributed by atoms with Gasteiger partial charge in [-0.05, 0) is 40.8 Å². The van der Waals surface area contributed by atoms with Gasteiger partial charge in [0.1, 0.15) is 6.10 Å². The molecule has 0 radical (unpaired) electrons. The van der Waals surface area contributed by atoms with E-state index < -0.39 is 17.6 Å². The van der Waals surface area contributed by atoms with E-state index in [1.54, 1.807) is 6.08 Å². The van der Waals surface area contributed by atoms with E-state index in [0.29, 0.717) is 11.4 Å². The molecule has 5 rings (SSSR count). The Hall–Kier alpha value is -2.42. The van der Waals surface area contributed by atoms with Gasteiger partial charge in [-0.3, -0.25) is 4.79 Å². The average molecular weight is 340 g/mol. The molecule has 0 N–H and O–H groups in total. The van der Waals surface area contributed by atoms with Crippen molar-refractivity contribution in [3.05, 3.63) is 69.7 Å². The van der Waals surface area contributed by atoms with Gasteiger partial charge < -0.3 is 4.74 Å². The van der Waals surface area contributed by atoms with E-state index >= 15 is 0 Å². The molecule has 3 aliphatic carbocycles. The van der Waals surface area contributed by atoms with E-state index in [1.165, 1.54) is 6.92 Å². The summed E-state index contributed by atoms with van der Waals surface area (Å²) in [5.41, 5.74) is 2.79. The van der Waals surface area contributed by atoms with Crippen LogP contribution in [0.5, 0.6) is 0 Å². The molecule has 120 valence electrons. The van der Waals surface area contributed by atoms with Crippen LogP contribution in [-0.4, -0.2) is 18.2 Å². The zero-order valence-electron chi connectivity index (χ0n) is 13.0. The molecule has 4 nitrogen and oxygen atoms in total. The van der Waals surface area contributed by atoms with E-state index in [2.05, 4.69) is 4.99 Å². The number of carbonyl (C=O) groups excluding carboxylic acids is 2. The molecule has 0 aromatic heterocycles. The van der Waals surface area contributed by atoms with Crippen molar-refractivity contribution >= 4 is 23.7 Å². The molecule has 3 atom stereocenters. The van der Waals surface area contributed by atoms with Crippen molar-refractivity contribution in [1.29, 1.82) is 0 Å². The Bertz CT molecular complexity index is 903. The van der Waals surface area contributed by atoms with Crippen LogP contribution >= 0.6 is 11.6 Å². The largest absolute Gasteiger partial charge is 0.459 e. The lowest BCUT2D eigenvalue weighted by Gasteiger charge is -2.50. The minimum atomic E-state index is -1.08. The van der Waals surface area contributed by atoms with E-state index in [1.807, 2.05) is 42.5 Å². The summed E-state index contributed by atoms with van der Waals surface area (Å²) in [5.74, 6) is -0.310. The molecule has 2 aromatic rings. The van der Waals surface area contributed by atoms with Gasteiger partial charge in [-0.15, -0.1) is 0 Å². The average Bonchev–Trinajstić information content (AvgIpc) is 2.56. The van der Waals surface area contributed by atoms with Gasteiger partial charge in [0, 0.05) is 17.9 Å². The van der Waals surface area contributed by atoms with Crippen molar-refractivity contribution in [1.82, 2.24) is 0 Å². The number of aliphatic imine (C=N–C) groups is 1. The summed E-state index contributed by atoms with van der Waals surface area (Å²) in [7, 11) is 0. The van der Waals surface area contributed by atoms with Crippen LogP contribution in [0.25, 0.3) is 0 Å². The molecule has 24 heavy (non-hydrogen) atoms. The van der Waals surface area contributed by atoms with Gasteiger partial charge in [0.05, 0.1) is 0 Å². The Morgan fingerprint density at radius 1 is 1.25 bits per heavy atom. The second-order valence-corrected chi connectivity index (χ2v) is 6.61. The van der Waals surface area contributed by atoms with E-state index in [0.717, 1.165) is 22.3 Å². The van der Waals surface area contributed by atoms with Crippen molar-refractivity contribution in [2.75, 3.05) is 0 Å². The number of hydrogen-bond donors (Lipinski definition) is 0. The third-order valence-corrected chi connectivity index (χ3v) is 5.23. The number of benzene rings is 2. The van der Waals surface area contributed by atoms with Gasteiger partial charge in [0.15, 0.2) is 5.54 Å². The monoisotopic (exact) mass is 339 g/mol. The maximum atomic E-state index is 11.6. The Morgan fingerprint density at radius 3 is 2.75 bits per heavy atom. The molecule has 0 heterocycles. The van der Waals surface area contributed by atoms with Gasteiger partial charge in [0.2, 0.25) is 6.08 Å². The number of esters is 1. The van der Waals surface area contributed by atoms with Gasteiger partial charge in [-0.25, -0.2) is 4.79 Å². The summed E-state index contributed by atoms with van der Waals surface area (Å²) >= 11 is 6.21. The highest BCUT2D eigenvalue weighted by Gasteiger charge is 2.56. The number of halogens is 1. The second-order valence-electron chi connectivity index (χ2n) is 6.17. The lowest BCUT2D eigenvalue weighted by Crippen LogP contribution is -2.51. The highest BCUT2D eigenvalue weighted by molar-refractivity contribution is 6.30. The Kier molecular flexibility index (Phi) is 3.34. The predicted molar refractivity (Wildman–Crippen MR) is 88.8 cm³/mol. The maximum Gasteiger partial charge on any atom is 0.303 e. The molecule has 5 heteroatoms. The van der Waals surface area contributed by atoms with Crippen LogP contribution in [0.2, 0.25) is 5.02 Å². The normalized spacial score (nSPS) is 26.1. The van der Waals surface area contributed by atoms with Crippen molar-refractivity contribution < 1.29 is 14.3 Å². The second kappa shape index (κ2) is 5.30. The lowest BCUT2D eigenvalue weighted by molar-refractivity contribution is -0.150. The first-order valence-electron chi connectivity index (χ1n) is 7.73. The first-order chi connectivity index (χ1) is 11.6. The Balaban J connectivity index is 2.08. The summed E-state index contributed by atoms with van der Waals surface area (Å²) in [4.78, 5) is 27.2. The number of fused-ring (bicyclic) bond motifs is 1. The zero-order valence-corrected chi connectivity index (χ0v) is 13.7. The van der Waals surface area contributed by atoms with Crippen LogP contribution < -0.4 is 0 Å². The SMILES string of the molecule is CC(=O)OC1CC2c3ccccc3C1(N=C=O)c1cc(Cl)ccc12. The van der Waals surface area contributed by atoms with Crippen molar-refractivity contribution in [3.8, 4) is 0 Å². The molecular formula is C19H14ClNO3. The first-order valence-corrected chi connectivity index (χ1v) is 8.11. The van der Waals surface area contributed by atoms with Crippen LogP contribution in [0.15, 0.2) is 47.5 Å². The molecule has 3 unspecified atom stereocenters. The van der Waals surface area contributed by atoms with Crippen LogP contribution in [0, 0.1) is 0 Å². The van der Waals surface area contributed by atoms with Gasteiger partial charge >= 0.3 is 5.97 Å². The fourth-order valence-corrected chi connectivity index (χ4v) is 4.38. The number of rotatable bonds is 2. The molecule has 0 saturated carbocycles. The number of ether oxygens (including phenoxy) is 1. The molecule has 3 aliphatic rings. The molecule has 0 aliphatic heterocycles. The molecular weight excluding hydrogens is 326 g/mol.